The van der Waals surface area contributed by atoms with E-state index in [1.165, 1.54) is 5.56 Å². The average Bonchev–Trinajstić information content (AvgIpc) is 2.84. The minimum atomic E-state index is 0.665. The van der Waals surface area contributed by atoms with E-state index in [4.69, 9.17) is 0 Å². The Morgan fingerprint density at radius 3 is 2.95 bits per heavy atom. The van der Waals surface area contributed by atoms with Crippen molar-refractivity contribution in [3.05, 3.63) is 54.0 Å². The van der Waals surface area contributed by atoms with Crippen LogP contribution in [0.25, 0.3) is 5.65 Å². The number of hydrogen-bond donors (Lipinski definition) is 1. The quantitative estimate of drug-likeness (QED) is 0.773. The van der Waals surface area contributed by atoms with Crippen molar-refractivity contribution in [2.45, 2.75) is 13.3 Å². The van der Waals surface area contributed by atoms with Crippen LogP contribution in [0.5, 0.6) is 0 Å². The Balaban J connectivity index is 1.67. The fraction of sp³-hybridized carbons (Fsp3) is 0.214. The monoisotopic (exact) mass is 253 g/mol. The van der Waals surface area contributed by atoms with E-state index in [1.54, 1.807) is 6.20 Å². The van der Waals surface area contributed by atoms with Gasteiger partial charge >= 0.3 is 0 Å². The van der Waals surface area contributed by atoms with Gasteiger partial charge in [-0.3, -0.25) is 4.98 Å². The highest BCUT2D eigenvalue weighted by molar-refractivity contribution is 5.44. The van der Waals surface area contributed by atoms with Crippen LogP contribution in [0.15, 0.2) is 42.7 Å². The summed E-state index contributed by atoms with van der Waals surface area (Å²) in [7, 11) is 0. The van der Waals surface area contributed by atoms with E-state index in [-0.39, 0.29) is 0 Å². The van der Waals surface area contributed by atoms with Crippen molar-refractivity contribution in [3.63, 3.8) is 0 Å². The van der Waals surface area contributed by atoms with Crippen LogP contribution in [0.1, 0.15) is 11.3 Å². The lowest BCUT2D eigenvalue weighted by atomic mass is 10.2. The molecular formula is C14H15N5. The lowest BCUT2D eigenvalue weighted by molar-refractivity contribution is 0.903. The summed E-state index contributed by atoms with van der Waals surface area (Å²) < 4.78 is 1.84. The normalized spacial score (nSPS) is 10.8. The second-order valence-electron chi connectivity index (χ2n) is 4.41. The number of anilines is 1. The molecular weight excluding hydrogens is 238 g/mol. The molecule has 0 fully saturated rings. The molecule has 0 bridgehead atoms. The zero-order valence-corrected chi connectivity index (χ0v) is 10.7. The Morgan fingerprint density at radius 1 is 1.21 bits per heavy atom. The summed E-state index contributed by atoms with van der Waals surface area (Å²) >= 11 is 0. The Hall–Kier alpha value is -2.43. The molecule has 3 rings (SSSR count). The predicted molar refractivity (Wildman–Crippen MR) is 74.2 cm³/mol. The molecule has 3 heterocycles. The van der Waals surface area contributed by atoms with Gasteiger partial charge < -0.3 is 5.32 Å². The Bertz CT molecular complexity index is 675. The average molecular weight is 253 g/mol. The maximum Gasteiger partial charge on any atom is 0.243 e. The number of fused-ring (bicyclic) bond motifs is 1. The van der Waals surface area contributed by atoms with Gasteiger partial charge in [-0.05, 0) is 37.1 Å². The van der Waals surface area contributed by atoms with E-state index in [9.17, 15) is 0 Å². The summed E-state index contributed by atoms with van der Waals surface area (Å²) in [5.74, 6) is 0.665. The SMILES string of the molecule is Cc1cccc2nc(NCCc3cccnc3)nn12. The molecule has 5 heteroatoms. The van der Waals surface area contributed by atoms with Gasteiger partial charge in [-0.15, -0.1) is 5.10 Å². The molecule has 19 heavy (non-hydrogen) atoms. The molecule has 96 valence electrons. The van der Waals surface area contributed by atoms with Crippen LogP contribution in [0.3, 0.4) is 0 Å². The first-order chi connectivity index (χ1) is 9.33. The van der Waals surface area contributed by atoms with Gasteiger partial charge in [0, 0.05) is 24.6 Å². The lowest BCUT2D eigenvalue weighted by Crippen LogP contribution is -2.06. The minimum Gasteiger partial charge on any atom is -0.353 e. The lowest BCUT2D eigenvalue weighted by Gasteiger charge is -2.01. The summed E-state index contributed by atoms with van der Waals surface area (Å²) in [4.78, 5) is 8.52. The summed E-state index contributed by atoms with van der Waals surface area (Å²) in [6, 6.07) is 9.96. The third-order valence-corrected chi connectivity index (χ3v) is 2.97. The van der Waals surface area contributed by atoms with E-state index in [0.29, 0.717) is 5.95 Å². The molecule has 0 saturated carbocycles. The van der Waals surface area contributed by atoms with Crippen LogP contribution < -0.4 is 5.32 Å². The Labute approximate surface area is 111 Å². The van der Waals surface area contributed by atoms with Crippen molar-refractivity contribution < 1.29 is 0 Å². The van der Waals surface area contributed by atoms with Gasteiger partial charge in [-0.25, -0.2) is 4.52 Å². The maximum atomic E-state index is 4.43. The zero-order chi connectivity index (χ0) is 13.1. The fourth-order valence-electron chi connectivity index (χ4n) is 1.98. The summed E-state index contributed by atoms with van der Waals surface area (Å²) in [6.45, 7) is 2.81. The van der Waals surface area contributed by atoms with Crippen molar-refractivity contribution >= 4 is 11.6 Å². The van der Waals surface area contributed by atoms with Gasteiger partial charge in [0.25, 0.3) is 0 Å². The highest BCUT2D eigenvalue weighted by Crippen LogP contribution is 2.08. The second kappa shape index (κ2) is 5.06. The van der Waals surface area contributed by atoms with Crippen molar-refractivity contribution in [2.75, 3.05) is 11.9 Å². The van der Waals surface area contributed by atoms with E-state index in [1.807, 2.05) is 41.9 Å². The first-order valence-corrected chi connectivity index (χ1v) is 6.28. The Morgan fingerprint density at radius 2 is 2.16 bits per heavy atom. The van der Waals surface area contributed by atoms with Crippen molar-refractivity contribution in [3.8, 4) is 0 Å². The molecule has 0 aliphatic rings. The molecule has 3 aromatic rings. The van der Waals surface area contributed by atoms with E-state index in [2.05, 4.69) is 26.4 Å². The van der Waals surface area contributed by atoms with Gasteiger partial charge in [0.1, 0.15) is 0 Å². The molecule has 0 aliphatic heterocycles. The highest BCUT2D eigenvalue weighted by Gasteiger charge is 2.03. The van der Waals surface area contributed by atoms with Crippen molar-refractivity contribution in [2.24, 2.45) is 0 Å². The number of pyridine rings is 2. The number of nitrogens with zero attached hydrogens (tertiary/aromatic N) is 4. The number of aryl methyl sites for hydroxylation is 1. The third-order valence-electron chi connectivity index (χ3n) is 2.97. The summed E-state index contributed by atoms with van der Waals surface area (Å²) in [5.41, 5.74) is 3.14. The predicted octanol–water partition coefficient (Wildman–Crippen LogP) is 2.09. The van der Waals surface area contributed by atoms with Gasteiger partial charge in [-0.1, -0.05) is 12.1 Å². The molecule has 3 aromatic heterocycles. The van der Waals surface area contributed by atoms with Crippen LogP contribution in [0.4, 0.5) is 5.95 Å². The number of aromatic nitrogens is 4. The van der Waals surface area contributed by atoms with Crippen LogP contribution >= 0.6 is 0 Å². The maximum absolute atomic E-state index is 4.43. The van der Waals surface area contributed by atoms with Crippen LogP contribution in [-0.2, 0) is 6.42 Å². The molecule has 0 unspecified atom stereocenters. The number of rotatable bonds is 4. The van der Waals surface area contributed by atoms with Crippen molar-refractivity contribution in [1.29, 1.82) is 0 Å². The zero-order valence-electron chi connectivity index (χ0n) is 10.7. The molecule has 0 radical (unpaired) electrons. The van der Waals surface area contributed by atoms with Crippen LogP contribution in [-0.4, -0.2) is 26.1 Å². The van der Waals surface area contributed by atoms with Gasteiger partial charge in [0.15, 0.2) is 5.65 Å². The van der Waals surface area contributed by atoms with Crippen molar-refractivity contribution in [1.82, 2.24) is 19.6 Å². The second-order valence-corrected chi connectivity index (χ2v) is 4.41. The van der Waals surface area contributed by atoms with E-state index < -0.39 is 0 Å². The largest absolute Gasteiger partial charge is 0.353 e. The molecule has 0 saturated heterocycles. The molecule has 5 nitrogen and oxygen atoms in total. The van der Waals surface area contributed by atoms with Gasteiger partial charge in [0.05, 0.1) is 0 Å². The van der Waals surface area contributed by atoms with Crippen LogP contribution in [0.2, 0.25) is 0 Å². The molecule has 0 aromatic carbocycles. The molecule has 0 spiro atoms. The highest BCUT2D eigenvalue weighted by atomic mass is 15.3. The topological polar surface area (TPSA) is 55.1 Å². The summed E-state index contributed by atoms with van der Waals surface area (Å²) in [6.07, 6.45) is 4.56. The first-order valence-electron chi connectivity index (χ1n) is 6.28. The number of nitrogens with one attached hydrogen (secondary N) is 1. The van der Waals surface area contributed by atoms with E-state index in [0.717, 1.165) is 24.3 Å². The van der Waals surface area contributed by atoms with Gasteiger partial charge in [-0.2, -0.15) is 4.98 Å². The molecule has 0 amide bonds. The molecule has 0 atom stereocenters. The third kappa shape index (κ3) is 2.54. The first kappa shape index (κ1) is 11.6. The molecule has 1 N–H and O–H groups in total. The molecule has 0 aliphatic carbocycles. The van der Waals surface area contributed by atoms with Gasteiger partial charge in [0.2, 0.25) is 5.95 Å². The minimum absolute atomic E-state index is 0.665. The van der Waals surface area contributed by atoms with Crippen LogP contribution in [0, 0.1) is 6.92 Å². The standard InChI is InChI=1S/C14H15N5/c1-11-4-2-6-13-17-14(18-19(11)13)16-9-7-12-5-3-8-15-10-12/h2-6,8,10H,7,9H2,1H3,(H,16,18). The fourth-order valence-corrected chi connectivity index (χ4v) is 1.98. The summed E-state index contributed by atoms with van der Waals surface area (Å²) in [5, 5.41) is 7.66. The number of hydrogen-bond acceptors (Lipinski definition) is 4. The Kier molecular flexibility index (Phi) is 3.10. The smallest absolute Gasteiger partial charge is 0.243 e. The van der Waals surface area contributed by atoms with E-state index >= 15 is 0 Å².